The first kappa shape index (κ1) is 19.9. The second kappa shape index (κ2) is 7.65. The van der Waals surface area contributed by atoms with Crippen molar-refractivity contribution in [3.05, 3.63) is 73.9 Å². The van der Waals surface area contributed by atoms with Crippen LogP contribution in [0.25, 0.3) is 10.6 Å². The molecule has 0 unspecified atom stereocenters. The van der Waals surface area contributed by atoms with Gasteiger partial charge in [0, 0.05) is 18.2 Å². The molecule has 0 bridgehead atoms. The topological polar surface area (TPSA) is 131 Å². The van der Waals surface area contributed by atoms with Crippen molar-refractivity contribution in [2.24, 2.45) is 0 Å². The third-order valence-electron chi connectivity index (χ3n) is 4.24. The van der Waals surface area contributed by atoms with Crippen molar-refractivity contribution >= 4 is 28.6 Å². The maximum absolute atomic E-state index is 12.9. The minimum atomic E-state index is -1.39. The van der Waals surface area contributed by atoms with Crippen molar-refractivity contribution in [2.75, 3.05) is 5.32 Å². The zero-order chi connectivity index (χ0) is 21.2. The van der Waals surface area contributed by atoms with Crippen LogP contribution < -0.4 is 10.9 Å². The Labute approximate surface area is 169 Å². The van der Waals surface area contributed by atoms with E-state index in [2.05, 4.69) is 10.4 Å². The molecule has 2 aromatic heterocycles. The highest BCUT2D eigenvalue weighted by molar-refractivity contribution is 7.13. The smallest absolute Gasteiger partial charge is 0.270 e. The second-order valence-electron chi connectivity index (χ2n) is 6.56. The predicted molar refractivity (Wildman–Crippen MR) is 108 cm³/mol. The number of nitro benzene ring substituents is 1. The number of hydrogen-bond donors (Lipinski definition) is 1. The zero-order valence-electron chi connectivity index (χ0n) is 15.4. The van der Waals surface area contributed by atoms with Crippen LogP contribution >= 0.6 is 11.3 Å². The number of nitrogens with zero attached hydrogens (tertiary/aromatic N) is 4. The summed E-state index contributed by atoms with van der Waals surface area (Å²) in [6.07, 6.45) is 0. The number of rotatable bonds is 5. The molecular formula is C19H15N5O4S. The molecule has 0 atom stereocenters. The molecule has 0 fully saturated rings. The van der Waals surface area contributed by atoms with E-state index < -0.39 is 21.9 Å². The number of amides is 1. The molecule has 0 aliphatic rings. The highest BCUT2D eigenvalue weighted by atomic mass is 32.1. The summed E-state index contributed by atoms with van der Waals surface area (Å²) in [4.78, 5) is 36.4. The van der Waals surface area contributed by atoms with Crippen LogP contribution in [0, 0.1) is 21.4 Å². The van der Waals surface area contributed by atoms with Crippen molar-refractivity contribution in [1.29, 1.82) is 5.26 Å². The van der Waals surface area contributed by atoms with Gasteiger partial charge < -0.3 is 5.32 Å². The fourth-order valence-corrected chi connectivity index (χ4v) is 3.28. The van der Waals surface area contributed by atoms with Gasteiger partial charge in [-0.2, -0.15) is 10.4 Å². The number of thiophene rings is 1. The lowest BCUT2D eigenvalue weighted by atomic mass is 10.0. The summed E-state index contributed by atoms with van der Waals surface area (Å²) in [6, 6.07) is 12.0. The van der Waals surface area contributed by atoms with Gasteiger partial charge in [0.15, 0.2) is 0 Å². The molecule has 10 heteroatoms. The van der Waals surface area contributed by atoms with Crippen LogP contribution in [0.2, 0.25) is 0 Å². The van der Waals surface area contributed by atoms with Crippen LogP contribution in [0.5, 0.6) is 0 Å². The summed E-state index contributed by atoms with van der Waals surface area (Å²) in [5.41, 5.74) is -1.52. The Morgan fingerprint density at radius 1 is 1.31 bits per heavy atom. The first-order chi connectivity index (χ1) is 13.7. The number of benzene rings is 1. The molecule has 0 aliphatic carbocycles. The molecule has 0 saturated carbocycles. The maximum Gasteiger partial charge on any atom is 0.270 e. The summed E-state index contributed by atoms with van der Waals surface area (Å²) < 4.78 is 1.08. The second-order valence-corrected chi connectivity index (χ2v) is 7.51. The van der Waals surface area contributed by atoms with Crippen molar-refractivity contribution in [1.82, 2.24) is 9.78 Å². The highest BCUT2D eigenvalue weighted by Gasteiger charge is 2.33. The Morgan fingerprint density at radius 3 is 2.69 bits per heavy atom. The lowest BCUT2D eigenvalue weighted by molar-refractivity contribution is -0.384. The molecule has 2 heterocycles. The molecule has 3 aromatic rings. The number of nitrogens with one attached hydrogen (secondary N) is 1. The average molecular weight is 409 g/mol. The van der Waals surface area contributed by atoms with Gasteiger partial charge in [-0.05, 0) is 37.4 Å². The number of anilines is 1. The van der Waals surface area contributed by atoms with E-state index in [1.54, 1.807) is 6.07 Å². The standard InChI is InChI=1S/C19H15N5O4S/c1-19(2,23-17(25)8-7-15(22-23)16-4-3-9-29-16)18(26)21-14-6-5-13(24(27)28)10-12(14)11-20/h3-10H,1-2H3,(H,21,26). The SMILES string of the molecule is CC(C)(C(=O)Nc1ccc([N+](=O)[O-])cc1C#N)n1nc(-c2cccs2)ccc1=O. The summed E-state index contributed by atoms with van der Waals surface area (Å²) >= 11 is 1.45. The van der Waals surface area contributed by atoms with Gasteiger partial charge in [-0.1, -0.05) is 6.07 Å². The van der Waals surface area contributed by atoms with E-state index in [1.807, 2.05) is 23.6 Å². The minimum absolute atomic E-state index is 0.0593. The summed E-state index contributed by atoms with van der Waals surface area (Å²) in [6.45, 7) is 3.04. The Kier molecular flexibility index (Phi) is 5.25. The van der Waals surface area contributed by atoms with Crippen LogP contribution in [0.1, 0.15) is 19.4 Å². The molecule has 0 radical (unpaired) electrons. The highest BCUT2D eigenvalue weighted by Crippen LogP contribution is 2.25. The largest absolute Gasteiger partial charge is 0.323 e. The molecule has 146 valence electrons. The molecule has 1 amide bonds. The molecule has 29 heavy (non-hydrogen) atoms. The molecule has 0 spiro atoms. The van der Waals surface area contributed by atoms with E-state index in [0.717, 1.165) is 15.6 Å². The van der Waals surface area contributed by atoms with Gasteiger partial charge in [-0.25, -0.2) is 4.68 Å². The molecule has 3 rings (SSSR count). The fraction of sp³-hybridized carbons (Fsp3) is 0.158. The molecule has 9 nitrogen and oxygen atoms in total. The Hall–Kier alpha value is -3.84. The van der Waals surface area contributed by atoms with Gasteiger partial charge in [-0.15, -0.1) is 11.3 Å². The van der Waals surface area contributed by atoms with Crippen LogP contribution in [0.15, 0.2) is 52.6 Å². The van der Waals surface area contributed by atoms with Crippen molar-refractivity contribution in [3.63, 3.8) is 0 Å². The van der Waals surface area contributed by atoms with E-state index in [-0.39, 0.29) is 16.9 Å². The van der Waals surface area contributed by atoms with Gasteiger partial charge >= 0.3 is 0 Å². The molecule has 0 aliphatic heterocycles. The lowest BCUT2D eigenvalue weighted by Crippen LogP contribution is -2.47. The van der Waals surface area contributed by atoms with E-state index in [4.69, 9.17) is 0 Å². The molecule has 1 aromatic carbocycles. The number of carbonyl (C=O) groups is 1. The number of non-ortho nitro benzene ring substituents is 1. The summed E-state index contributed by atoms with van der Waals surface area (Å²) in [7, 11) is 0. The quantitative estimate of drug-likeness (QED) is 0.509. The van der Waals surface area contributed by atoms with Crippen molar-refractivity contribution in [3.8, 4) is 16.6 Å². The molecule has 0 saturated heterocycles. The third-order valence-corrected chi connectivity index (χ3v) is 5.13. The van der Waals surface area contributed by atoms with Gasteiger partial charge in [0.05, 0.1) is 21.1 Å². The van der Waals surface area contributed by atoms with E-state index in [9.17, 15) is 25.0 Å². The predicted octanol–water partition coefficient (Wildman–Crippen LogP) is 3.13. The van der Waals surface area contributed by atoms with E-state index in [1.165, 1.54) is 43.4 Å². The van der Waals surface area contributed by atoms with Gasteiger partial charge in [0.25, 0.3) is 17.2 Å². The number of nitro groups is 1. The van der Waals surface area contributed by atoms with Crippen molar-refractivity contribution in [2.45, 2.75) is 19.4 Å². The fourth-order valence-electron chi connectivity index (χ4n) is 2.59. The number of carbonyl (C=O) groups excluding carboxylic acids is 1. The summed E-state index contributed by atoms with van der Waals surface area (Å²) in [5.74, 6) is -0.596. The third kappa shape index (κ3) is 3.90. The Morgan fingerprint density at radius 2 is 2.07 bits per heavy atom. The number of hydrogen-bond acceptors (Lipinski definition) is 7. The first-order valence-electron chi connectivity index (χ1n) is 8.39. The van der Waals surface area contributed by atoms with Crippen LogP contribution in [-0.2, 0) is 10.3 Å². The van der Waals surface area contributed by atoms with Crippen molar-refractivity contribution < 1.29 is 9.72 Å². The normalized spacial score (nSPS) is 10.9. The first-order valence-corrected chi connectivity index (χ1v) is 9.26. The summed E-state index contributed by atoms with van der Waals surface area (Å²) in [5, 5.41) is 28.9. The average Bonchev–Trinajstić information content (AvgIpc) is 3.23. The molecule has 1 N–H and O–H groups in total. The van der Waals surface area contributed by atoms with E-state index in [0.29, 0.717) is 5.69 Å². The van der Waals surface area contributed by atoms with Gasteiger partial charge in [0.1, 0.15) is 17.3 Å². The van der Waals surface area contributed by atoms with Crippen LogP contribution in [-0.4, -0.2) is 20.6 Å². The van der Waals surface area contributed by atoms with E-state index >= 15 is 0 Å². The van der Waals surface area contributed by atoms with Crippen LogP contribution in [0.4, 0.5) is 11.4 Å². The maximum atomic E-state index is 12.9. The van der Waals surface area contributed by atoms with Gasteiger partial charge in [0.2, 0.25) is 0 Å². The monoisotopic (exact) mass is 409 g/mol. The minimum Gasteiger partial charge on any atom is -0.323 e. The van der Waals surface area contributed by atoms with Gasteiger partial charge in [-0.3, -0.25) is 19.7 Å². The Balaban J connectivity index is 1.96. The zero-order valence-corrected chi connectivity index (χ0v) is 16.3. The molecular weight excluding hydrogens is 394 g/mol. The Bertz CT molecular complexity index is 1190. The van der Waals surface area contributed by atoms with Crippen LogP contribution in [0.3, 0.4) is 0 Å². The lowest BCUT2D eigenvalue weighted by Gasteiger charge is -2.25. The number of aromatic nitrogens is 2. The number of nitriles is 1.